The standard InChI is InChI=1S/C21H25N3O2/c1-23(2)21(26)17-8-10-18(11-9-17)22-20(25)15-24(19-12-13-19)14-16-6-4-3-5-7-16/h3-11,19H,12-15H2,1-2H3,(H,22,25). The largest absolute Gasteiger partial charge is 0.345 e. The number of hydrogen-bond acceptors (Lipinski definition) is 3. The molecule has 0 radical (unpaired) electrons. The second-order valence-corrected chi connectivity index (χ2v) is 6.95. The van der Waals surface area contributed by atoms with E-state index in [0.29, 0.717) is 23.8 Å². The van der Waals surface area contributed by atoms with Crippen LogP contribution in [0.25, 0.3) is 0 Å². The van der Waals surface area contributed by atoms with Crippen molar-refractivity contribution >= 4 is 17.5 Å². The molecule has 136 valence electrons. The number of nitrogens with zero attached hydrogens (tertiary/aromatic N) is 2. The lowest BCUT2D eigenvalue weighted by Crippen LogP contribution is -2.34. The van der Waals surface area contributed by atoms with E-state index in [-0.39, 0.29) is 11.8 Å². The molecular weight excluding hydrogens is 326 g/mol. The number of amides is 2. The van der Waals surface area contributed by atoms with Gasteiger partial charge in [-0.15, -0.1) is 0 Å². The van der Waals surface area contributed by atoms with E-state index in [1.54, 1.807) is 38.4 Å². The number of carbonyl (C=O) groups is 2. The first kappa shape index (κ1) is 18.1. The summed E-state index contributed by atoms with van der Waals surface area (Å²) in [4.78, 5) is 28.1. The molecule has 2 aromatic carbocycles. The zero-order chi connectivity index (χ0) is 18.5. The molecule has 0 spiro atoms. The molecule has 1 aliphatic rings. The minimum absolute atomic E-state index is 0.0282. The highest BCUT2D eigenvalue weighted by Crippen LogP contribution is 2.28. The summed E-state index contributed by atoms with van der Waals surface area (Å²) in [5.74, 6) is -0.0786. The Kier molecular flexibility index (Phi) is 5.68. The number of carbonyl (C=O) groups excluding carboxylic acids is 2. The van der Waals surface area contributed by atoms with Crippen molar-refractivity contribution in [3.63, 3.8) is 0 Å². The van der Waals surface area contributed by atoms with Gasteiger partial charge < -0.3 is 10.2 Å². The molecule has 3 rings (SSSR count). The van der Waals surface area contributed by atoms with Crippen molar-refractivity contribution in [3.05, 3.63) is 65.7 Å². The molecule has 0 atom stereocenters. The molecular formula is C21H25N3O2. The maximum atomic E-state index is 12.4. The molecule has 5 heteroatoms. The minimum atomic E-state index is -0.0503. The molecule has 1 saturated carbocycles. The van der Waals surface area contributed by atoms with E-state index in [1.165, 1.54) is 10.5 Å². The van der Waals surface area contributed by atoms with Crippen LogP contribution in [0.5, 0.6) is 0 Å². The molecule has 0 bridgehead atoms. The average molecular weight is 351 g/mol. The van der Waals surface area contributed by atoms with Crippen molar-refractivity contribution in [2.24, 2.45) is 0 Å². The summed E-state index contributed by atoms with van der Waals surface area (Å²) in [6.45, 7) is 1.16. The maximum Gasteiger partial charge on any atom is 0.253 e. The molecule has 26 heavy (non-hydrogen) atoms. The van der Waals surface area contributed by atoms with E-state index >= 15 is 0 Å². The fraction of sp³-hybridized carbons (Fsp3) is 0.333. The van der Waals surface area contributed by atoms with Gasteiger partial charge in [-0.05, 0) is 42.7 Å². The van der Waals surface area contributed by atoms with Gasteiger partial charge in [-0.2, -0.15) is 0 Å². The number of benzene rings is 2. The second-order valence-electron chi connectivity index (χ2n) is 6.95. The fourth-order valence-corrected chi connectivity index (χ4v) is 2.91. The first-order valence-corrected chi connectivity index (χ1v) is 8.92. The van der Waals surface area contributed by atoms with Crippen molar-refractivity contribution < 1.29 is 9.59 Å². The molecule has 1 fully saturated rings. The van der Waals surface area contributed by atoms with Crippen LogP contribution in [-0.4, -0.2) is 48.3 Å². The zero-order valence-corrected chi connectivity index (χ0v) is 15.3. The van der Waals surface area contributed by atoms with E-state index in [9.17, 15) is 9.59 Å². The Morgan fingerprint density at radius 2 is 1.65 bits per heavy atom. The van der Waals surface area contributed by atoms with Gasteiger partial charge in [-0.25, -0.2) is 0 Å². The third-order valence-electron chi connectivity index (χ3n) is 4.46. The average Bonchev–Trinajstić information content (AvgIpc) is 3.47. The van der Waals surface area contributed by atoms with Crippen LogP contribution in [0.4, 0.5) is 5.69 Å². The van der Waals surface area contributed by atoms with Gasteiger partial charge in [0.2, 0.25) is 5.91 Å². The van der Waals surface area contributed by atoms with Crippen LogP contribution in [0.1, 0.15) is 28.8 Å². The third-order valence-corrected chi connectivity index (χ3v) is 4.46. The topological polar surface area (TPSA) is 52.7 Å². The van der Waals surface area contributed by atoms with Crippen molar-refractivity contribution in [2.75, 3.05) is 26.0 Å². The van der Waals surface area contributed by atoms with Gasteiger partial charge in [-0.1, -0.05) is 30.3 Å². The predicted octanol–water partition coefficient (Wildman–Crippen LogP) is 2.99. The Bertz CT molecular complexity index is 753. The SMILES string of the molecule is CN(C)C(=O)c1ccc(NC(=O)CN(Cc2ccccc2)C2CC2)cc1. The Morgan fingerprint density at radius 3 is 2.23 bits per heavy atom. The van der Waals surface area contributed by atoms with Crippen LogP contribution >= 0.6 is 0 Å². The smallest absolute Gasteiger partial charge is 0.253 e. The van der Waals surface area contributed by atoms with E-state index in [1.807, 2.05) is 18.2 Å². The zero-order valence-electron chi connectivity index (χ0n) is 15.3. The van der Waals surface area contributed by atoms with Crippen molar-refractivity contribution in [1.82, 2.24) is 9.80 Å². The molecule has 0 aliphatic heterocycles. The normalized spacial score (nSPS) is 13.5. The summed E-state index contributed by atoms with van der Waals surface area (Å²) in [6, 6.07) is 17.8. The lowest BCUT2D eigenvalue weighted by molar-refractivity contribution is -0.117. The van der Waals surface area contributed by atoms with E-state index in [2.05, 4.69) is 22.3 Å². The van der Waals surface area contributed by atoms with Crippen LogP contribution in [0.2, 0.25) is 0 Å². The predicted molar refractivity (Wildman–Crippen MR) is 103 cm³/mol. The molecule has 1 N–H and O–H groups in total. The van der Waals surface area contributed by atoms with Gasteiger partial charge in [-0.3, -0.25) is 14.5 Å². The van der Waals surface area contributed by atoms with Gasteiger partial charge in [0.25, 0.3) is 5.91 Å². The number of rotatable bonds is 7. The van der Waals surface area contributed by atoms with Crippen molar-refractivity contribution in [3.8, 4) is 0 Å². The minimum Gasteiger partial charge on any atom is -0.345 e. The van der Waals surface area contributed by atoms with Crippen LogP contribution in [-0.2, 0) is 11.3 Å². The first-order valence-electron chi connectivity index (χ1n) is 8.92. The molecule has 0 saturated heterocycles. The summed E-state index contributed by atoms with van der Waals surface area (Å²) in [5, 5.41) is 2.93. The summed E-state index contributed by atoms with van der Waals surface area (Å²) < 4.78 is 0. The van der Waals surface area contributed by atoms with E-state index < -0.39 is 0 Å². The molecule has 5 nitrogen and oxygen atoms in total. The highest BCUT2D eigenvalue weighted by molar-refractivity contribution is 5.96. The molecule has 0 aromatic heterocycles. The quantitative estimate of drug-likeness (QED) is 0.834. The van der Waals surface area contributed by atoms with Gasteiger partial charge >= 0.3 is 0 Å². The summed E-state index contributed by atoms with van der Waals surface area (Å²) in [5.41, 5.74) is 2.54. The Morgan fingerprint density at radius 1 is 1.00 bits per heavy atom. The van der Waals surface area contributed by atoms with Crippen molar-refractivity contribution in [2.45, 2.75) is 25.4 Å². The molecule has 1 aliphatic carbocycles. The lowest BCUT2D eigenvalue weighted by atomic mass is 10.2. The van der Waals surface area contributed by atoms with Gasteiger partial charge in [0.15, 0.2) is 0 Å². The monoisotopic (exact) mass is 351 g/mol. The molecule has 0 heterocycles. The molecule has 2 amide bonds. The first-order chi connectivity index (χ1) is 12.5. The van der Waals surface area contributed by atoms with Crippen LogP contribution in [0.3, 0.4) is 0 Å². The Labute approximate surface area is 154 Å². The number of anilines is 1. The van der Waals surface area contributed by atoms with Crippen LogP contribution in [0, 0.1) is 0 Å². The van der Waals surface area contributed by atoms with Gasteiger partial charge in [0, 0.05) is 37.9 Å². The van der Waals surface area contributed by atoms with Gasteiger partial charge in [0.1, 0.15) is 0 Å². The van der Waals surface area contributed by atoms with Crippen LogP contribution < -0.4 is 5.32 Å². The van der Waals surface area contributed by atoms with E-state index in [4.69, 9.17) is 0 Å². The number of hydrogen-bond donors (Lipinski definition) is 1. The Hall–Kier alpha value is -2.66. The third kappa shape index (κ3) is 4.92. The number of nitrogens with one attached hydrogen (secondary N) is 1. The summed E-state index contributed by atoms with van der Waals surface area (Å²) in [7, 11) is 3.44. The van der Waals surface area contributed by atoms with Crippen molar-refractivity contribution in [1.29, 1.82) is 0 Å². The highest BCUT2D eigenvalue weighted by atomic mass is 16.2. The fourth-order valence-electron chi connectivity index (χ4n) is 2.91. The van der Waals surface area contributed by atoms with Crippen LogP contribution in [0.15, 0.2) is 54.6 Å². The molecule has 0 unspecified atom stereocenters. The maximum absolute atomic E-state index is 12.4. The summed E-state index contributed by atoms with van der Waals surface area (Å²) in [6.07, 6.45) is 2.31. The van der Waals surface area contributed by atoms with E-state index in [0.717, 1.165) is 19.4 Å². The van der Waals surface area contributed by atoms with Gasteiger partial charge in [0.05, 0.1) is 6.54 Å². The molecule has 2 aromatic rings. The summed E-state index contributed by atoms with van der Waals surface area (Å²) >= 11 is 0. The lowest BCUT2D eigenvalue weighted by Gasteiger charge is -2.21. The Balaban J connectivity index is 1.57. The highest BCUT2D eigenvalue weighted by Gasteiger charge is 2.30. The second kappa shape index (κ2) is 8.15.